The lowest BCUT2D eigenvalue weighted by molar-refractivity contribution is -0.000744. The topological polar surface area (TPSA) is 76.6 Å². The first-order valence-electron chi connectivity index (χ1n) is 9.00. The molecular formula is C19H24ClN5O2. The quantitative estimate of drug-likeness (QED) is 0.755. The zero-order valence-electron chi connectivity index (χ0n) is 16.0. The SMILES string of the molecule is CN1Cc2c(c(Cl)nn2C2CN(C(=O)OC(C)(C)C)C2)-c2cccc(N)c21. The van der Waals surface area contributed by atoms with Gasteiger partial charge in [-0.1, -0.05) is 23.7 Å². The van der Waals surface area contributed by atoms with Gasteiger partial charge in [0.05, 0.1) is 29.7 Å². The van der Waals surface area contributed by atoms with E-state index in [1.807, 2.05) is 50.7 Å². The molecule has 3 heterocycles. The fraction of sp³-hybridized carbons (Fsp3) is 0.474. The molecule has 1 fully saturated rings. The second-order valence-electron chi connectivity index (χ2n) is 8.20. The van der Waals surface area contributed by atoms with Gasteiger partial charge in [-0.3, -0.25) is 4.68 Å². The molecule has 8 heteroatoms. The molecule has 0 radical (unpaired) electrons. The maximum absolute atomic E-state index is 12.2. The van der Waals surface area contributed by atoms with Crippen molar-refractivity contribution in [2.75, 3.05) is 30.8 Å². The molecule has 7 nitrogen and oxygen atoms in total. The minimum Gasteiger partial charge on any atom is -0.444 e. The summed E-state index contributed by atoms with van der Waals surface area (Å²) in [5.74, 6) is 0. The fourth-order valence-electron chi connectivity index (χ4n) is 3.74. The second-order valence-corrected chi connectivity index (χ2v) is 8.55. The molecule has 144 valence electrons. The zero-order valence-corrected chi connectivity index (χ0v) is 16.7. The van der Waals surface area contributed by atoms with E-state index in [0.717, 1.165) is 28.2 Å². The molecule has 0 bridgehead atoms. The number of nitrogens with two attached hydrogens (primary N) is 1. The number of nitrogens with zero attached hydrogens (tertiary/aromatic N) is 4. The molecule has 0 unspecified atom stereocenters. The van der Waals surface area contributed by atoms with E-state index in [1.165, 1.54) is 0 Å². The van der Waals surface area contributed by atoms with Crippen LogP contribution in [0.5, 0.6) is 0 Å². The van der Waals surface area contributed by atoms with Crippen LogP contribution in [0, 0.1) is 0 Å². The number of nitrogen functional groups attached to an aromatic ring is 1. The first-order valence-corrected chi connectivity index (χ1v) is 9.38. The van der Waals surface area contributed by atoms with Crippen molar-refractivity contribution in [3.05, 3.63) is 29.0 Å². The Hall–Kier alpha value is -2.41. The molecule has 1 saturated heterocycles. The van der Waals surface area contributed by atoms with Gasteiger partial charge in [0.1, 0.15) is 5.60 Å². The maximum atomic E-state index is 12.2. The van der Waals surface area contributed by atoms with Crippen LogP contribution in [-0.2, 0) is 11.3 Å². The lowest BCUT2D eigenvalue weighted by atomic mass is 9.97. The third kappa shape index (κ3) is 3.00. The minimum atomic E-state index is -0.497. The summed E-state index contributed by atoms with van der Waals surface area (Å²) in [4.78, 5) is 16.0. The predicted molar refractivity (Wildman–Crippen MR) is 106 cm³/mol. The monoisotopic (exact) mass is 389 g/mol. The Kier molecular flexibility index (Phi) is 4.03. The molecule has 1 amide bonds. The Morgan fingerprint density at radius 1 is 1.33 bits per heavy atom. The van der Waals surface area contributed by atoms with E-state index in [9.17, 15) is 4.79 Å². The number of para-hydroxylation sites is 1. The highest BCUT2D eigenvalue weighted by Gasteiger charge is 2.38. The Bertz CT molecular complexity index is 912. The van der Waals surface area contributed by atoms with Gasteiger partial charge in [0.25, 0.3) is 0 Å². The Morgan fingerprint density at radius 2 is 2.04 bits per heavy atom. The number of hydrogen-bond donors (Lipinski definition) is 1. The van der Waals surface area contributed by atoms with Crippen LogP contribution in [0.1, 0.15) is 32.5 Å². The molecule has 2 N–H and O–H groups in total. The molecule has 2 aliphatic rings. The number of carbonyl (C=O) groups is 1. The van der Waals surface area contributed by atoms with Crippen LogP contribution in [0.4, 0.5) is 16.2 Å². The second kappa shape index (κ2) is 6.05. The highest BCUT2D eigenvalue weighted by Crippen LogP contribution is 2.45. The first kappa shape index (κ1) is 18.0. The molecule has 1 aromatic carbocycles. The zero-order chi connectivity index (χ0) is 19.5. The van der Waals surface area contributed by atoms with Crippen molar-refractivity contribution in [1.29, 1.82) is 0 Å². The molecule has 2 aliphatic heterocycles. The van der Waals surface area contributed by atoms with Crippen molar-refractivity contribution in [3.63, 3.8) is 0 Å². The number of hydrogen-bond acceptors (Lipinski definition) is 5. The van der Waals surface area contributed by atoms with E-state index in [1.54, 1.807) is 4.90 Å². The molecule has 2 aromatic rings. The summed E-state index contributed by atoms with van der Waals surface area (Å²) in [6, 6.07) is 5.93. The number of aromatic nitrogens is 2. The van der Waals surface area contributed by atoms with Crippen LogP contribution in [0.15, 0.2) is 18.2 Å². The van der Waals surface area contributed by atoms with Crippen molar-refractivity contribution in [2.24, 2.45) is 0 Å². The van der Waals surface area contributed by atoms with Crippen LogP contribution >= 0.6 is 11.6 Å². The number of carbonyl (C=O) groups excluding carboxylic acids is 1. The van der Waals surface area contributed by atoms with Gasteiger partial charge < -0.3 is 20.3 Å². The number of fused-ring (bicyclic) bond motifs is 3. The summed E-state index contributed by atoms with van der Waals surface area (Å²) in [6.45, 7) is 7.39. The van der Waals surface area contributed by atoms with Gasteiger partial charge in [0.15, 0.2) is 5.15 Å². The number of halogens is 1. The van der Waals surface area contributed by atoms with Gasteiger partial charge in [0.2, 0.25) is 0 Å². The van der Waals surface area contributed by atoms with Crippen LogP contribution in [0.3, 0.4) is 0 Å². The van der Waals surface area contributed by atoms with E-state index in [0.29, 0.717) is 24.8 Å². The number of rotatable bonds is 1. The van der Waals surface area contributed by atoms with E-state index >= 15 is 0 Å². The number of ether oxygens (including phenoxy) is 1. The third-order valence-electron chi connectivity index (χ3n) is 4.93. The molecule has 0 saturated carbocycles. The average molecular weight is 390 g/mol. The lowest BCUT2D eigenvalue weighted by Gasteiger charge is -2.41. The smallest absolute Gasteiger partial charge is 0.410 e. The fourth-order valence-corrected chi connectivity index (χ4v) is 4.03. The minimum absolute atomic E-state index is 0.0924. The Labute approximate surface area is 163 Å². The first-order chi connectivity index (χ1) is 12.7. The maximum Gasteiger partial charge on any atom is 0.410 e. The number of anilines is 2. The number of likely N-dealkylation sites (tertiary alicyclic amines) is 1. The van der Waals surface area contributed by atoms with Crippen LogP contribution < -0.4 is 10.6 Å². The van der Waals surface area contributed by atoms with E-state index in [2.05, 4.69) is 10.00 Å². The summed E-state index contributed by atoms with van der Waals surface area (Å²) in [5.41, 5.74) is 10.4. The molecule has 4 rings (SSSR count). The normalized spacial score (nSPS) is 16.6. The van der Waals surface area contributed by atoms with Gasteiger partial charge in [-0.05, 0) is 26.8 Å². The largest absolute Gasteiger partial charge is 0.444 e. The highest BCUT2D eigenvalue weighted by molar-refractivity contribution is 6.32. The molecular weight excluding hydrogens is 366 g/mol. The number of amides is 1. The molecule has 27 heavy (non-hydrogen) atoms. The summed E-state index contributed by atoms with van der Waals surface area (Å²) >= 11 is 6.51. The molecule has 0 spiro atoms. The van der Waals surface area contributed by atoms with Gasteiger partial charge in [-0.2, -0.15) is 5.10 Å². The van der Waals surface area contributed by atoms with Crippen molar-refractivity contribution in [1.82, 2.24) is 14.7 Å². The number of benzene rings is 1. The van der Waals surface area contributed by atoms with Crippen molar-refractivity contribution in [3.8, 4) is 11.1 Å². The third-order valence-corrected chi connectivity index (χ3v) is 5.20. The van der Waals surface area contributed by atoms with Crippen molar-refractivity contribution < 1.29 is 9.53 Å². The van der Waals surface area contributed by atoms with Gasteiger partial charge in [-0.15, -0.1) is 0 Å². The van der Waals surface area contributed by atoms with E-state index < -0.39 is 5.60 Å². The van der Waals surface area contributed by atoms with Gasteiger partial charge in [0, 0.05) is 31.3 Å². The summed E-state index contributed by atoms with van der Waals surface area (Å²) < 4.78 is 7.39. The highest BCUT2D eigenvalue weighted by atomic mass is 35.5. The Balaban J connectivity index is 1.60. The standard InChI is InChI=1S/C19H24ClN5O2/c1-19(2,3)27-18(26)24-8-11(9-24)25-14-10-23(4)16-12(6-5-7-13(16)21)15(14)17(20)22-25/h5-7,11H,8-10,21H2,1-4H3. The molecule has 0 aliphatic carbocycles. The van der Waals surface area contributed by atoms with Crippen LogP contribution in [-0.4, -0.2) is 46.5 Å². The van der Waals surface area contributed by atoms with Crippen LogP contribution in [0.25, 0.3) is 11.1 Å². The predicted octanol–water partition coefficient (Wildman–Crippen LogP) is 3.53. The van der Waals surface area contributed by atoms with Crippen LogP contribution in [0.2, 0.25) is 5.15 Å². The molecule has 0 atom stereocenters. The average Bonchev–Trinajstić information content (AvgIpc) is 2.80. The Morgan fingerprint density at radius 3 is 2.70 bits per heavy atom. The summed E-state index contributed by atoms with van der Waals surface area (Å²) in [6.07, 6.45) is -0.291. The van der Waals surface area contributed by atoms with Gasteiger partial charge in [-0.25, -0.2) is 4.79 Å². The lowest BCUT2D eigenvalue weighted by Crippen LogP contribution is -2.52. The van der Waals surface area contributed by atoms with E-state index in [-0.39, 0.29) is 12.1 Å². The van der Waals surface area contributed by atoms with E-state index in [4.69, 9.17) is 22.1 Å². The van der Waals surface area contributed by atoms with Gasteiger partial charge >= 0.3 is 6.09 Å². The molecule has 1 aromatic heterocycles. The van der Waals surface area contributed by atoms with Crippen molar-refractivity contribution in [2.45, 2.75) is 39.0 Å². The van der Waals surface area contributed by atoms with Crippen molar-refractivity contribution >= 4 is 29.1 Å². The summed E-state index contributed by atoms with van der Waals surface area (Å²) in [5, 5.41) is 5.05. The summed E-state index contributed by atoms with van der Waals surface area (Å²) in [7, 11) is 2.01.